The van der Waals surface area contributed by atoms with Crippen LogP contribution in [0, 0.1) is 0 Å². The van der Waals surface area contributed by atoms with Crippen LogP contribution in [0.15, 0.2) is 30.6 Å². The molecule has 2 aromatic rings. The van der Waals surface area contributed by atoms with Crippen LogP contribution in [0.2, 0.25) is 0 Å². The van der Waals surface area contributed by atoms with Crippen molar-refractivity contribution in [1.29, 1.82) is 0 Å². The first-order valence-electron chi connectivity index (χ1n) is 10.8. The van der Waals surface area contributed by atoms with E-state index in [9.17, 15) is 26.3 Å². The molecule has 3 rings (SSSR count). The summed E-state index contributed by atoms with van der Waals surface area (Å²) >= 11 is 0. The number of aromatic nitrogens is 2. The van der Waals surface area contributed by atoms with Gasteiger partial charge in [-0.3, -0.25) is 4.90 Å². The van der Waals surface area contributed by atoms with Crippen LogP contribution in [0.4, 0.5) is 32.2 Å². The maximum atomic E-state index is 13.2. The minimum absolute atomic E-state index is 0.0144. The minimum Gasteiger partial charge on any atom is -0.354 e. The molecule has 33 heavy (non-hydrogen) atoms. The first-order chi connectivity index (χ1) is 15.5. The predicted molar refractivity (Wildman–Crippen MR) is 114 cm³/mol. The molecular weight excluding hydrogens is 448 g/mol. The zero-order chi connectivity index (χ0) is 24.2. The van der Waals surface area contributed by atoms with Gasteiger partial charge >= 0.3 is 12.4 Å². The van der Waals surface area contributed by atoms with E-state index in [1.807, 2.05) is 4.90 Å². The summed E-state index contributed by atoms with van der Waals surface area (Å²) in [7, 11) is 0. The monoisotopic (exact) mass is 475 g/mol. The molecule has 0 N–H and O–H groups in total. The molecule has 2 heterocycles. The smallest absolute Gasteiger partial charge is 0.354 e. The van der Waals surface area contributed by atoms with Crippen LogP contribution < -0.4 is 4.90 Å². The number of benzene rings is 1. The Hall–Kier alpha value is -2.40. The molecular formula is C22H27F6N5. The van der Waals surface area contributed by atoms with Crippen LogP contribution >= 0.6 is 0 Å². The van der Waals surface area contributed by atoms with Gasteiger partial charge in [-0.25, -0.2) is 9.97 Å². The van der Waals surface area contributed by atoms with Crippen molar-refractivity contribution in [2.45, 2.75) is 26.2 Å². The second kappa shape index (κ2) is 10.3. The number of hydrogen-bond donors (Lipinski definition) is 0. The summed E-state index contributed by atoms with van der Waals surface area (Å²) in [5, 5.41) is 0. The van der Waals surface area contributed by atoms with E-state index in [1.165, 1.54) is 12.4 Å². The lowest BCUT2D eigenvalue weighted by Crippen LogP contribution is -2.48. The van der Waals surface area contributed by atoms with Gasteiger partial charge in [-0.1, -0.05) is 13.8 Å². The van der Waals surface area contributed by atoms with E-state index in [4.69, 9.17) is 0 Å². The highest BCUT2D eigenvalue weighted by atomic mass is 19.4. The third-order valence-electron chi connectivity index (χ3n) is 5.86. The molecule has 1 aliphatic rings. The molecule has 1 saturated heterocycles. The second-order valence-electron chi connectivity index (χ2n) is 7.91. The summed E-state index contributed by atoms with van der Waals surface area (Å²) in [5.41, 5.74) is -2.97. The zero-order valence-electron chi connectivity index (χ0n) is 18.5. The lowest BCUT2D eigenvalue weighted by molar-refractivity contribution is -0.143. The largest absolute Gasteiger partial charge is 0.416 e. The van der Waals surface area contributed by atoms with Crippen LogP contribution in [0.1, 0.15) is 25.0 Å². The highest BCUT2D eigenvalue weighted by molar-refractivity contribution is 5.65. The number of hydrogen-bond acceptors (Lipinski definition) is 5. The van der Waals surface area contributed by atoms with Gasteiger partial charge in [0.25, 0.3) is 0 Å². The molecule has 0 radical (unpaired) electrons. The summed E-state index contributed by atoms with van der Waals surface area (Å²) in [6.07, 6.45) is -8.65. The van der Waals surface area contributed by atoms with Gasteiger partial charge < -0.3 is 9.80 Å². The molecule has 11 heteroatoms. The molecule has 0 spiro atoms. The van der Waals surface area contributed by atoms with Gasteiger partial charge in [0.15, 0.2) is 0 Å². The van der Waals surface area contributed by atoms with Gasteiger partial charge in [-0.2, -0.15) is 26.3 Å². The third-order valence-corrected chi connectivity index (χ3v) is 5.86. The van der Waals surface area contributed by atoms with E-state index in [0.717, 1.165) is 39.3 Å². The first kappa shape index (κ1) is 25.2. The van der Waals surface area contributed by atoms with Crippen molar-refractivity contribution in [3.05, 3.63) is 41.7 Å². The SMILES string of the molecule is CCN(CC)CCN1CCN(c2cc(-c3cc(C(F)(F)F)cc(C(F)(F)F)c3)ncn2)CC1. The van der Waals surface area contributed by atoms with Crippen molar-refractivity contribution in [2.24, 2.45) is 0 Å². The van der Waals surface area contributed by atoms with Gasteiger partial charge in [0, 0.05) is 50.9 Å². The second-order valence-corrected chi connectivity index (χ2v) is 7.91. The van der Waals surface area contributed by atoms with E-state index in [1.54, 1.807) is 0 Å². The lowest BCUT2D eigenvalue weighted by Gasteiger charge is -2.36. The third kappa shape index (κ3) is 6.57. The van der Waals surface area contributed by atoms with Gasteiger partial charge in [0.2, 0.25) is 0 Å². The molecule has 182 valence electrons. The Morgan fingerprint density at radius 3 is 1.91 bits per heavy atom. The van der Waals surface area contributed by atoms with E-state index < -0.39 is 23.5 Å². The van der Waals surface area contributed by atoms with Gasteiger partial charge in [-0.15, -0.1) is 0 Å². The topological polar surface area (TPSA) is 35.5 Å². The van der Waals surface area contributed by atoms with Crippen LogP contribution in [0.3, 0.4) is 0 Å². The average Bonchev–Trinajstić information content (AvgIpc) is 2.79. The van der Waals surface area contributed by atoms with Crippen molar-refractivity contribution < 1.29 is 26.3 Å². The van der Waals surface area contributed by atoms with Gasteiger partial charge in [-0.05, 0) is 31.3 Å². The highest BCUT2D eigenvalue weighted by Crippen LogP contribution is 2.38. The Kier molecular flexibility index (Phi) is 7.84. The summed E-state index contributed by atoms with van der Waals surface area (Å²) in [6, 6.07) is 2.93. The van der Waals surface area contributed by atoms with Crippen molar-refractivity contribution in [1.82, 2.24) is 19.8 Å². The predicted octanol–water partition coefficient (Wildman–Crippen LogP) is 4.65. The fourth-order valence-electron chi connectivity index (χ4n) is 3.80. The Morgan fingerprint density at radius 2 is 1.39 bits per heavy atom. The maximum absolute atomic E-state index is 13.2. The Bertz CT molecular complexity index is 886. The van der Waals surface area contributed by atoms with E-state index >= 15 is 0 Å². The Balaban J connectivity index is 1.77. The molecule has 5 nitrogen and oxygen atoms in total. The zero-order valence-corrected chi connectivity index (χ0v) is 18.5. The number of rotatable bonds is 7. The van der Waals surface area contributed by atoms with Crippen molar-refractivity contribution in [2.75, 3.05) is 57.3 Å². The van der Waals surface area contributed by atoms with Gasteiger partial charge in [0.05, 0.1) is 16.8 Å². The van der Waals surface area contributed by atoms with Crippen LogP contribution in [-0.4, -0.2) is 72.1 Å². The maximum Gasteiger partial charge on any atom is 0.416 e. The van der Waals surface area contributed by atoms with E-state index in [2.05, 4.69) is 33.6 Å². The molecule has 0 saturated carbocycles. The molecule has 0 bridgehead atoms. The molecule has 0 aliphatic carbocycles. The summed E-state index contributed by atoms with van der Waals surface area (Å²) < 4.78 is 79.2. The number of halogens is 6. The molecule has 0 unspecified atom stereocenters. The summed E-state index contributed by atoms with van der Waals surface area (Å²) in [6.45, 7) is 11.0. The number of anilines is 1. The number of alkyl halides is 6. The number of nitrogens with zero attached hydrogens (tertiary/aromatic N) is 5. The van der Waals surface area contributed by atoms with Crippen molar-refractivity contribution >= 4 is 5.82 Å². The quantitative estimate of drug-likeness (QED) is 0.545. The number of piperazine rings is 1. The Morgan fingerprint density at radius 1 is 0.818 bits per heavy atom. The first-order valence-corrected chi connectivity index (χ1v) is 10.8. The summed E-state index contributed by atoms with van der Waals surface area (Å²) in [4.78, 5) is 14.8. The van der Waals surface area contributed by atoms with Crippen molar-refractivity contribution in [3.8, 4) is 11.3 Å². The normalized spacial score (nSPS) is 16.0. The Labute approximate surface area is 189 Å². The molecule has 1 fully saturated rings. The standard InChI is InChI=1S/C22H27F6N5/c1-3-31(4-2)5-6-32-7-9-33(10-8-32)20-14-19(29-15-30-20)16-11-17(21(23,24)25)13-18(12-16)22(26,27)28/h11-15H,3-10H2,1-2H3. The average molecular weight is 475 g/mol. The fraction of sp³-hybridized carbons (Fsp3) is 0.545. The van der Waals surface area contributed by atoms with Gasteiger partial charge in [0.1, 0.15) is 12.1 Å². The highest BCUT2D eigenvalue weighted by Gasteiger charge is 2.37. The molecule has 0 atom stereocenters. The fourth-order valence-corrected chi connectivity index (χ4v) is 3.80. The number of likely N-dealkylation sites (N-methyl/N-ethyl adjacent to an activating group) is 1. The van der Waals surface area contributed by atoms with E-state index in [0.29, 0.717) is 31.0 Å². The molecule has 1 aromatic heterocycles. The molecule has 0 amide bonds. The van der Waals surface area contributed by atoms with Crippen LogP contribution in [0.25, 0.3) is 11.3 Å². The molecule has 1 aromatic carbocycles. The summed E-state index contributed by atoms with van der Waals surface area (Å²) in [5.74, 6) is 0.481. The van der Waals surface area contributed by atoms with Crippen molar-refractivity contribution in [3.63, 3.8) is 0 Å². The lowest BCUT2D eigenvalue weighted by atomic mass is 10.0. The minimum atomic E-state index is -4.91. The van der Waals surface area contributed by atoms with Crippen LogP contribution in [0.5, 0.6) is 0 Å². The molecule has 1 aliphatic heterocycles. The van der Waals surface area contributed by atoms with Crippen LogP contribution in [-0.2, 0) is 12.4 Å². The van der Waals surface area contributed by atoms with E-state index in [-0.39, 0.29) is 17.3 Å².